The summed E-state index contributed by atoms with van der Waals surface area (Å²) in [6.45, 7) is 2.87. The predicted molar refractivity (Wildman–Crippen MR) is 93.2 cm³/mol. The molecule has 0 fully saturated rings. The Labute approximate surface area is 157 Å². The smallest absolute Gasteiger partial charge is 0.360 e. The van der Waals surface area contributed by atoms with Crippen LogP contribution in [0.4, 0.5) is 17.6 Å². The average molecular weight is 414 g/mol. The lowest BCUT2D eigenvalue weighted by Crippen LogP contribution is -2.13. The number of aromatic nitrogens is 1. The average Bonchev–Trinajstić information content (AvgIpc) is 2.93. The van der Waals surface area contributed by atoms with Gasteiger partial charge in [0.2, 0.25) is 10.0 Å². The molecule has 148 valence electrons. The van der Waals surface area contributed by atoms with Crippen molar-refractivity contribution in [3.63, 3.8) is 0 Å². The number of primary sulfonamides is 1. The van der Waals surface area contributed by atoms with E-state index in [0.717, 1.165) is 18.2 Å². The number of nitrogens with zero attached hydrogens (tertiary/aromatic N) is 1. The van der Waals surface area contributed by atoms with Crippen LogP contribution in [0.3, 0.4) is 0 Å². The topological polar surface area (TPSA) is 86.2 Å². The van der Waals surface area contributed by atoms with Crippen LogP contribution in [0.5, 0.6) is 0 Å². The zero-order chi connectivity index (χ0) is 20.9. The van der Waals surface area contributed by atoms with Gasteiger partial charge >= 0.3 is 6.18 Å². The Bertz CT molecular complexity index is 1170. The van der Waals surface area contributed by atoms with Crippen molar-refractivity contribution in [2.45, 2.75) is 24.9 Å². The van der Waals surface area contributed by atoms with E-state index in [2.05, 4.69) is 5.16 Å². The normalized spacial score (nSPS) is 12.4. The third kappa shape index (κ3) is 3.65. The number of aryl methyl sites for hydroxylation is 2. The zero-order valence-corrected chi connectivity index (χ0v) is 15.5. The molecule has 0 spiro atoms. The number of alkyl halides is 3. The van der Waals surface area contributed by atoms with Gasteiger partial charge in [0.1, 0.15) is 22.2 Å². The summed E-state index contributed by atoms with van der Waals surface area (Å²) in [6, 6.07) is 6.77. The molecule has 0 saturated carbocycles. The van der Waals surface area contributed by atoms with E-state index >= 15 is 0 Å². The second-order valence-electron chi connectivity index (χ2n) is 6.18. The first-order chi connectivity index (χ1) is 12.9. The summed E-state index contributed by atoms with van der Waals surface area (Å²) in [6.07, 6.45) is -4.49. The SMILES string of the molecule is Cc1cc(-c2noc(C)c2-c2ccc(S(N)(=O)=O)c(F)c2)ccc1C(F)(F)F. The van der Waals surface area contributed by atoms with Gasteiger partial charge in [-0.1, -0.05) is 17.3 Å². The molecule has 0 amide bonds. The van der Waals surface area contributed by atoms with E-state index in [4.69, 9.17) is 9.66 Å². The molecule has 5 nitrogen and oxygen atoms in total. The fourth-order valence-corrected chi connectivity index (χ4v) is 3.51. The lowest BCUT2D eigenvalue weighted by atomic mass is 9.96. The van der Waals surface area contributed by atoms with Crippen LogP contribution in [-0.4, -0.2) is 13.6 Å². The first-order valence-electron chi connectivity index (χ1n) is 7.87. The molecule has 0 bridgehead atoms. The molecule has 0 aliphatic carbocycles. The largest absolute Gasteiger partial charge is 0.416 e. The number of halogens is 4. The van der Waals surface area contributed by atoms with Gasteiger partial charge in [-0.2, -0.15) is 13.2 Å². The minimum Gasteiger partial charge on any atom is -0.360 e. The van der Waals surface area contributed by atoms with E-state index in [9.17, 15) is 26.0 Å². The van der Waals surface area contributed by atoms with Gasteiger partial charge in [0.25, 0.3) is 0 Å². The number of hydrogen-bond donors (Lipinski definition) is 1. The summed E-state index contributed by atoms with van der Waals surface area (Å²) in [5.74, 6) is -0.773. The van der Waals surface area contributed by atoms with Crippen molar-refractivity contribution in [2.24, 2.45) is 5.14 Å². The van der Waals surface area contributed by atoms with Gasteiger partial charge in [0, 0.05) is 5.56 Å². The first kappa shape index (κ1) is 20.0. The molecule has 0 aliphatic rings. The van der Waals surface area contributed by atoms with Crippen molar-refractivity contribution in [1.82, 2.24) is 5.16 Å². The molecule has 0 atom stereocenters. The minimum absolute atomic E-state index is 0.00708. The molecule has 0 aliphatic heterocycles. The van der Waals surface area contributed by atoms with Crippen molar-refractivity contribution in [3.8, 4) is 22.4 Å². The summed E-state index contributed by atoms with van der Waals surface area (Å²) < 4.78 is 81.0. The quantitative estimate of drug-likeness (QED) is 0.643. The Kier molecular flexibility index (Phi) is 4.80. The maximum absolute atomic E-state index is 14.2. The standard InChI is InChI=1S/C18H14F4N2O3S/c1-9-7-12(3-5-13(9)18(20,21)22)17-16(10(2)27-24-17)11-4-6-15(14(19)8-11)28(23,25)26/h3-8H,1-2H3,(H2,23,25,26). The molecule has 1 heterocycles. The van der Waals surface area contributed by atoms with Crippen molar-refractivity contribution in [1.29, 1.82) is 0 Å². The van der Waals surface area contributed by atoms with Crippen molar-refractivity contribution in [3.05, 3.63) is 59.1 Å². The first-order valence-corrected chi connectivity index (χ1v) is 9.41. The van der Waals surface area contributed by atoms with Crippen LogP contribution in [0.1, 0.15) is 16.9 Å². The molecule has 0 radical (unpaired) electrons. The summed E-state index contributed by atoms with van der Waals surface area (Å²) in [7, 11) is -4.24. The molecule has 0 unspecified atom stereocenters. The van der Waals surface area contributed by atoms with Gasteiger partial charge in [-0.15, -0.1) is 0 Å². The molecule has 10 heteroatoms. The van der Waals surface area contributed by atoms with Gasteiger partial charge in [0.15, 0.2) is 0 Å². The molecule has 28 heavy (non-hydrogen) atoms. The van der Waals surface area contributed by atoms with E-state index in [1.54, 1.807) is 6.92 Å². The molecule has 2 N–H and O–H groups in total. The Morgan fingerprint density at radius 2 is 1.68 bits per heavy atom. The summed E-state index contributed by atoms with van der Waals surface area (Å²) in [4.78, 5) is -0.669. The van der Waals surface area contributed by atoms with Crippen LogP contribution < -0.4 is 5.14 Å². The molecule has 3 rings (SSSR count). The van der Waals surface area contributed by atoms with E-state index in [0.29, 0.717) is 11.1 Å². The second-order valence-corrected chi connectivity index (χ2v) is 7.71. The molecule has 0 saturated heterocycles. The minimum atomic E-state index is -4.49. The van der Waals surface area contributed by atoms with Gasteiger partial charge in [-0.25, -0.2) is 17.9 Å². The lowest BCUT2D eigenvalue weighted by molar-refractivity contribution is -0.138. The van der Waals surface area contributed by atoms with Crippen LogP contribution in [0.25, 0.3) is 22.4 Å². The highest BCUT2D eigenvalue weighted by molar-refractivity contribution is 7.89. The highest BCUT2D eigenvalue weighted by atomic mass is 32.2. The number of hydrogen-bond acceptors (Lipinski definition) is 4. The highest BCUT2D eigenvalue weighted by Gasteiger charge is 2.32. The monoisotopic (exact) mass is 414 g/mol. The van der Waals surface area contributed by atoms with Gasteiger partial charge < -0.3 is 4.52 Å². The zero-order valence-electron chi connectivity index (χ0n) is 14.6. The molecule has 2 aromatic carbocycles. The predicted octanol–water partition coefficient (Wildman–Crippen LogP) is 4.43. The fourth-order valence-electron chi connectivity index (χ4n) is 2.93. The number of benzene rings is 2. The Morgan fingerprint density at radius 3 is 2.21 bits per heavy atom. The lowest BCUT2D eigenvalue weighted by Gasteiger charge is -2.11. The third-order valence-corrected chi connectivity index (χ3v) is 5.14. The molecule has 3 aromatic rings. The maximum atomic E-state index is 14.2. The van der Waals surface area contributed by atoms with E-state index in [1.165, 1.54) is 25.1 Å². The summed E-state index contributed by atoms with van der Waals surface area (Å²) in [5.41, 5.74) is 0.342. The third-order valence-electron chi connectivity index (χ3n) is 4.20. The molecule has 1 aromatic heterocycles. The molecular formula is C18H14F4N2O3S. The van der Waals surface area contributed by atoms with Crippen LogP contribution >= 0.6 is 0 Å². The highest BCUT2D eigenvalue weighted by Crippen LogP contribution is 2.38. The Hall–Kier alpha value is -2.72. The Morgan fingerprint density at radius 1 is 1.04 bits per heavy atom. The van der Waals surface area contributed by atoms with Crippen LogP contribution in [-0.2, 0) is 16.2 Å². The van der Waals surface area contributed by atoms with Gasteiger partial charge in [0.05, 0.1) is 11.1 Å². The van der Waals surface area contributed by atoms with E-state index in [-0.39, 0.29) is 22.6 Å². The van der Waals surface area contributed by atoms with Crippen LogP contribution in [0, 0.1) is 19.7 Å². The summed E-state index contributed by atoms with van der Waals surface area (Å²) >= 11 is 0. The maximum Gasteiger partial charge on any atom is 0.416 e. The van der Waals surface area contributed by atoms with Crippen molar-refractivity contribution < 1.29 is 30.5 Å². The van der Waals surface area contributed by atoms with E-state index in [1.807, 2.05) is 0 Å². The second kappa shape index (κ2) is 6.71. The summed E-state index contributed by atoms with van der Waals surface area (Å²) in [5, 5.41) is 8.83. The van der Waals surface area contributed by atoms with E-state index < -0.39 is 32.5 Å². The van der Waals surface area contributed by atoms with Crippen LogP contribution in [0.2, 0.25) is 0 Å². The van der Waals surface area contributed by atoms with Crippen molar-refractivity contribution >= 4 is 10.0 Å². The fraction of sp³-hybridized carbons (Fsp3) is 0.167. The molecular weight excluding hydrogens is 400 g/mol. The number of rotatable bonds is 3. The van der Waals surface area contributed by atoms with Gasteiger partial charge in [-0.05, 0) is 49.2 Å². The number of sulfonamides is 1. The number of nitrogens with two attached hydrogens (primary N) is 1. The van der Waals surface area contributed by atoms with Crippen molar-refractivity contribution in [2.75, 3.05) is 0 Å². The Balaban J connectivity index is 2.14. The van der Waals surface area contributed by atoms with Gasteiger partial charge in [-0.3, -0.25) is 0 Å². The van der Waals surface area contributed by atoms with Crippen LogP contribution in [0.15, 0.2) is 45.8 Å².